The first kappa shape index (κ1) is 14.3. The molecule has 10 nitrogen and oxygen atoms in total. The van der Waals surface area contributed by atoms with Gasteiger partial charge in [0.05, 0.1) is 31.0 Å². The van der Waals surface area contributed by atoms with Crippen LogP contribution < -0.4 is 11.2 Å². The van der Waals surface area contributed by atoms with Crippen LogP contribution in [0.4, 0.5) is 0 Å². The predicted molar refractivity (Wildman–Crippen MR) is 66.1 cm³/mol. The van der Waals surface area contributed by atoms with Gasteiger partial charge in [-0.3, -0.25) is 9.78 Å². The van der Waals surface area contributed by atoms with Crippen molar-refractivity contribution in [3.8, 4) is 0 Å². The van der Waals surface area contributed by atoms with E-state index in [0.717, 1.165) is 0 Å². The molecular formula is C10H13N5O5. The number of H-pyrrole nitrogens is 2. The van der Waals surface area contributed by atoms with Crippen LogP contribution >= 0.6 is 0 Å². The van der Waals surface area contributed by atoms with Crippen molar-refractivity contribution >= 4 is 0 Å². The van der Waals surface area contributed by atoms with E-state index in [4.69, 9.17) is 15.4 Å². The number of aromatic amines is 2. The van der Waals surface area contributed by atoms with Gasteiger partial charge in [-0.15, -0.1) is 0 Å². The van der Waals surface area contributed by atoms with Gasteiger partial charge in [-0.2, -0.15) is 0 Å². The number of hydrogen-bond acceptors (Lipinski definition) is 6. The maximum Gasteiger partial charge on any atom is 0.325 e. The number of aromatic nitrogens is 2. The third-order valence-corrected chi connectivity index (χ3v) is 3.14. The number of azide groups is 1. The maximum atomic E-state index is 11.5. The van der Waals surface area contributed by atoms with Crippen molar-refractivity contribution < 1.29 is 14.9 Å². The predicted octanol–water partition coefficient (Wildman–Crippen LogP) is -1.59. The number of nitrogens with one attached hydrogen (secondary N) is 2. The van der Waals surface area contributed by atoms with Gasteiger partial charge < -0.3 is 19.9 Å². The Labute approximate surface area is 111 Å². The van der Waals surface area contributed by atoms with E-state index < -0.39 is 42.2 Å². The van der Waals surface area contributed by atoms with Crippen molar-refractivity contribution in [2.45, 2.75) is 30.8 Å². The lowest BCUT2D eigenvalue weighted by Crippen LogP contribution is -2.34. The molecule has 1 saturated heterocycles. The normalized spacial score (nSPS) is 29.1. The van der Waals surface area contributed by atoms with Crippen LogP contribution in [0.3, 0.4) is 0 Å². The molecule has 1 fully saturated rings. The summed E-state index contributed by atoms with van der Waals surface area (Å²) >= 11 is 0. The zero-order valence-corrected chi connectivity index (χ0v) is 10.3. The van der Waals surface area contributed by atoms with Crippen LogP contribution in [-0.2, 0) is 11.2 Å². The summed E-state index contributed by atoms with van der Waals surface area (Å²) in [5.74, 6) is 0. The van der Waals surface area contributed by atoms with Crippen LogP contribution in [0.25, 0.3) is 10.4 Å². The minimum absolute atomic E-state index is 0.0151. The number of nitrogens with zero attached hydrogens (tertiary/aromatic N) is 3. The van der Waals surface area contributed by atoms with E-state index >= 15 is 0 Å². The largest absolute Gasteiger partial charge is 0.394 e. The van der Waals surface area contributed by atoms with Crippen LogP contribution in [0.5, 0.6) is 0 Å². The highest BCUT2D eigenvalue weighted by Gasteiger charge is 2.42. The number of hydrogen-bond donors (Lipinski definition) is 4. The molecule has 0 radical (unpaired) electrons. The van der Waals surface area contributed by atoms with Crippen LogP contribution in [0.1, 0.15) is 5.56 Å². The van der Waals surface area contributed by atoms with Gasteiger partial charge >= 0.3 is 5.69 Å². The molecule has 1 aromatic rings. The van der Waals surface area contributed by atoms with Gasteiger partial charge in [0.25, 0.3) is 5.56 Å². The number of aliphatic hydroxyl groups excluding tert-OH is 2. The zero-order chi connectivity index (χ0) is 14.7. The van der Waals surface area contributed by atoms with E-state index in [-0.39, 0.29) is 12.0 Å². The Balaban J connectivity index is 2.20. The van der Waals surface area contributed by atoms with Crippen LogP contribution in [0.2, 0.25) is 0 Å². The Morgan fingerprint density at radius 3 is 2.80 bits per heavy atom. The summed E-state index contributed by atoms with van der Waals surface area (Å²) in [6.07, 6.45) is -1.54. The molecule has 0 aromatic carbocycles. The maximum absolute atomic E-state index is 11.5. The van der Waals surface area contributed by atoms with Gasteiger partial charge in [0.15, 0.2) is 0 Å². The molecule has 4 atom stereocenters. The average Bonchev–Trinajstić information content (AvgIpc) is 2.71. The number of aliphatic hydroxyl groups is 2. The molecule has 1 aromatic heterocycles. The molecule has 0 saturated carbocycles. The second-order valence-corrected chi connectivity index (χ2v) is 4.38. The second kappa shape index (κ2) is 5.88. The van der Waals surface area contributed by atoms with Gasteiger partial charge in [-0.25, -0.2) is 4.79 Å². The first-order valence-corrected chi connectivity index (χ1v) is 5.86. The van der Waals surface area contributed by atoms with Crippen molar-refractivity contribution in [2.75, 3.05) is 6.61 Å². The lowest BCUT2D eigenvalue weighted by atomic mass is 10.0. The standard InChI is InChI=1S/C10H13N5O5/c11-15-14-7-6(3-16)20-5(8(7)17)1-4-2-12-10(19)13-9(4)18/h2,5-8,16-17H,1,3H2,(H2,12,13,18,19)/t5?,6-,7-,8+/m1/s1. The van der Waals surface area contributed by atoms with Crippen molar-refractivity contribution in [2.24, 2.45) is 5.11 Å². The Morgan fingerprint density at radius 1 is 1.45 bits per heavy atom. The van der Waals surface area contributed by atoms with Crippen LogP contribution in [0.15, 0.2) is 20.9 Å². The van der Waals surface area contributed by atoms with Gasteiger partial charge in [-0.1, -0.05) is 5.11 Å². The Hall–Kier alpha value is -2.13. The molecule has 0 spiro atoms. The van der Waals surface area contributed by atoms with E-state index in [0.29, 0.717) is 0 Å². The molecule has 1 unspecified atom stereocenters. The molecular weight excluding hydrogens is 270 g/mol. The van der Waals surface area contributed by atoms with Crippen molar-refractivity contribution in [3.63, 3.8) is 0 Å². The van der Waals surface area contributed by atoms with Gasteiger partial charge in [0, 0.05) is 23.1 Å². The summed E-state index contributed by atoms with van der Waals surface area (Å²) in [6.45, 7) is -0.417. The first-order valence-electron chi connectivity index (χ1n) is 5.86. The van der Waals surface area contributed by atoms with Crippen molar-refractivity contribution in [3.05, 3.63) is 43.0 Å². The molecule has 108 valence electrons. The van der Waals surface area contributed by atoms with Crippen molar-refractivity contribution in [1.29, 1.82) is 0 Å². The lowest BCUT2D eigenvalue weighted by molar-refractivity contribution is -0.00950. The highest BCUT2D eigenvalue weighted by Crippen LogP contribution is 2.25. The minimum Gasteiger partial charge on any atom is -0.394 e. The fourth-order valence-corrected chi connectivity index (χ4v) is 2.15. The van der Waals surface area contributed by atoms with E-state index in [2.05, 4.69) is 20.0 Å². The van der Waals surface area contributed by atoms with Gasteiger partial charge in [0.2, 0.25) is 0 Å². The summed E-state index contributed by atoms with van der Waals surface area (Å²) in [6, 6.07) is -0.920. The van der Waals surface area contributed by atoms with Gasteiger partial charge in [-0.05, 0) is 5.53 Å². The monoisotopic (exact) mass is 283 g/mol. The molecule has 10 heteroatoms. The summed E-state index contributed by atoms with van der Waals surface area (Å²) in [5, 5.41) is 22.5. The fraction of sp³-hybridized carbons (Fsp3) is 0.600. The summed E-state index contributed by atoms with van der Waals surface area (Å²) < 4.78 is 5.37. The Morgan fingerprint density at radius 2 is 2.20 bits per heavy atom. The molecule has 1 aliphatic rings. The highest BCUT2D eigenvalue weighted by molar-refractivity contribution is 5.08. The van der Waals surface area contributed by atoms with E-state index in [1.807, 2.05) is 0 Å². The number of rotatable bonds is 4. The fourth-order valence-electron chi connectivity index (χ4n) is 2.15. The number of ether oxygens (including phenoxy) is 1. The van der Waals surface area contributed by atoms with E-state index in [1.165, 1.54) is 6.20 Å². The first-order chi connectivity index (χ1) is 9.56. The molecule has 1 aliphatic heterocycles. The Kier molecular flexibility index (Phi) is 4.20. The topological polar surface area (TPSA) is 164 Å². The smallest absolute Gasteiger partial charge is 0.325 e. The van der Waals surface area contributed by atoms with Crippen LogP contribution in [-0.4, -0.2) is 51.1 Å². The molecule has 2 rings (SSSR count). The molecule has 2 heterocycles. The summed E-state index contributed by atoms with van der Waals surface area (Å²) in [4.78, 5) is 29.4. The highest BCUT2D eigenvalue weighted by atomic mass is 16.5. The molecule has 0 aliphatic carbocycles. The van der Waals surface area contributed by atoms with Crippen LogP contribution in [0, 0.1) is 0 Å². The minimum atomic E-state index is -1.14. The average molecular weight is 283 g/mol. The molecule has 0 amide bonds. The quantitative estimate of drug-likeness (QED) is 0.296. The lowest BCUT2D eigenvalue weighted by Gasteiger charge is -2.14. The molecule has 4 N–H and O–H groups in total. The van der Waals surface area contributed by atoms with E-state index in [1.54, 1.807) is 0 Å². The third kappa shape index (κ3) is 2.73. The summed E-state index contributed by atoms with van der Waals surface area (Å²) in [5.41, 5.74) is 7.42. The van der Waals surface area contributed by atoms with E-state index in [9.17, 15) is 14.7 Å². The molecule has 20 heavy (non-hydrogen) atoms. The van der Waals surface area contributed by atoms with Gasteiger partial charge in [0.1, 0.15) is 0 Å². The SMILES string of the molecule is [N-]=[N+]=N[C@@H]1[C@@H](CO)OC(Cc2c[nH]c(=O)[nH]c2=O)[C@@H]1O. The second-order valence-electron chi connectivity index (χ2n) is 4.38. The van der Waals surface area contributed by atoms with Crippen molar-refractivity contribution in [1.82, 2.24) is 9.97 Å². The summed E-state index contributed by atoms with van der Waals surface area (Å²) in [7, 11) is 0. The Bertz CT molecular complexity index is 633. The third-order valence-electron chi connectivity index (χ3n) is 3.14. The molecule has 0 bridgehead atoms. The zero-order valence-electron chi connectivity index (χ0n) is 10.3.